The molecule has 208 valence electrons. The fourth-order valence-electron chi connectivity index (χ4n) is 5.53. The van der Waals surface area contributed by atoms with Gasteiger partial charge in [-0.1, -0.05) is 42.0 Å². The van der Waals surface area contributed by atoms with Crippen molar-refractivity contribution in [2.24, 2.45) is 0 Å². The molecule has 3 aliphatic rings. The maximum atomic E-state index is 14.0. The van der Waals surface area contributed by atoms with E-state index in [9.17, 15) is 4.79 Å². The molecule has 1 N–H and O–H groups in total. The number of carbonyl (C=O) groups excluding carboxylic acids is 1. The minimum atomic E-state index is -1.19. The minimum absolute atomic E-state index is 0.212. The first kappa shape index (κ1) is 27.7. The number of nitrogens with one attached hydrogen (secondary N) is 1. The molecule has 39 heavy (non-hydrogen) atoms. The zero-order valence-electron chi connectivity index (χ0n) is 22.9. The first-order valence-corrected chi connectivity index (χ1v) is 13.5. The Morgan fingerprint density at radius 1 is 1.08 bits per heavy atom. The predicted octanol–water partition coefficient (Wildman–Crippen LogP) is 3.38. The number of aryl methyl sites for hydroxylation is 1. The van der Waals surface area contributed by atoms with Crippen LogP contribution in [-0.4, -0.2) is 66.9 Å². The number of hydrogen-bond donors (Lipinski definition) is 1. The highest BCUT2D eigenvalue weighted by molar-refractivity contribution is 5.85. The predicted molar refractivity (Wildman–Crippen MR) is 142 cm³/mol. The molecule has 3 fully saturated rings. The van der Waals surface area contributed by atoms with Gasteiger partial charge in [-0.15, -0.1) is 0 Å². The number of amides is 1. The monoisotopic (exact) mass is 535 g/mol. The summed E-state index contributed by atoms with van der Waals surface area (Å²) in [7, 11) is 0. The Bertz CT molecular complexity index is 1190. The van der Waals surface area contributed by atoms with Gasteiger partial charge in [-0.05, 0) is 44.0 Å². The molecular weight excluding hydrogens is 498 g/mol. The largest absolute Gasteiger partial charge is 0.379 e. The van der Waals surface area contributed by atoms with E-state index in [1.807, 2.05) is 56.1 Å². The van der Waals surface area contributed by atoms with E-state index in [4.69, 9.17) is 28.9 Å². The van der Waals surface area contributed by atoms with E-state index in [0.717, 1.165) is 16.7 Å². The van der Waals surface area contributed by atoms with Crippen molar-refractivity contribution >= 4 is 5.91 Å². The van der Waals surface area contributed by atoms with Crippen molar-refractivity contribution in [2.75, 3.05) is 26.3 Å². The summed E-state index contributed by atoms with van der Waals surface area (Å²) in [6.45, 7) is 8.72. The molecule has 9 heteroatoms. The van der Waals surface area contributed by atoms with Gasteiger partial charge in [0.2, 0.25) is 0 Å². The van der Waals surface area contributed by atoms with Gasteiger partial charge in [0.05, 0.1) is 50.3 Å². The van der Waals surface area contributed by atoms with E-state index < -0.39 is 17.5 Å². The van der Waals surface area contributed by atoms with Crippen LogP contribution in [-0.2, 0) is 41.7 Å². The summed E-state index contributed by atoms with van der Waals surface area (Å²) in [4.78, 5) is 14.0. The molecule has 0 bridgehead atoms. The number of ether oxygens (including phenoxy) is 5. The van der Waals surface area contributed by atoms with E-state index >= 15 is 0 Å². The van der Waals surface area contributed by atoms with Gasteiger partial charge >= 0.3 is 0 Å². The second kappa shape index (κ2) is 11.7. The number of nitriles is 1. The lowest BCUT2D eigenvalue weighted by Gasteiger charge is -2.44. The van der Waals surface area contributed by atoms with E-state index in [0.29, 0.717) is 51.3 Å². The van der Waals surface area contributed by atoms with Crippen molar-refractivity contribution in [3.63, 3.8) is 0 Å². The lowest BCUT2D eigenvalue weighted by atomic mass is 9.78. The fourth-order valence-corrected chi connectivity index (χ4v) is 5.53. The highest BCUT2D eigenvalue weighted by Gasteiger charge is 2.58. The molecule has 2 aliphatic heterocycles. The van der Waals surface area contributed by atoms with Crippen LogP contribution in [0.2, 0.25) is 0 Å². The topological polar surface area (TPSA) is 102 Å². The molecule has 2 heterocycles. The standard InChI is InChI=1S/C30H37N3O6/c1-21-5-4-6-24(15-21)20-37-30(28(34)32-33-11-13-35-14-12-33)16-25(27-26(17-30)38-29(2,3)39-27)36-19-23-9-7-22(18-31)8-10-23/h4-10,15,25-27H,11-14,16-17,19-20H2,1-3H3,(H,32,34)/t25?,26-,27+,30-/m1/s1. The maximum Gasteiger partial charge on any atom is 0.266 e. The highest BCUT2D eigenvalue weighted by Crippen LogP contribution is 2.44. The van der Waals surface area contributed by atoms with Crippen LogP contribution in [0.1, 0.15) is 48.9 Å². The molecule has 5 rings (SSSR count). The van der Waals surface area contributed by atoms with Crippen LogP contribution in [0.3, 0.4) is 0 Å². The summed E-state index contributed by atoms with van der Waals surface area (Å²) in [5.41, 5.74) is 5.54. The molecule has 0 radical (unpaired) electrons. The number of hydrazine groups is 1. The van der Waals surface area contributed by atoms with Crippen LogP contribution in [0.15, 0.2) is 48.5 Å². The quantitative estimate of drug-likeness (QED) is 0.549. The molecule has 4 atom stereocenters. The number of hydrogen-bond acceptors (Lipinski definition) is 8. The number of carbonyl (C=O) groups is 1. The van der Waals surface area contributed by atoms with Crippen LogP contribution < -0.4 is 5.43 Å². The summed E-state index contributed by atoms with van der Waals surface area (Å²) in [6.07, 6.45) is -0.516. The van der Waals surface area contributed by atoms with Gasteiger partial charge in [0.1, 0.15) is 6.10 Å². The molecule has 1 aliphatic carbocycles. The summed E-state index contributed by atoms with van der Waals surface area (Å²) in [6, 6.07) is 17.5. The van der Waals surface area contributed by atoms with Gasteiger partial charge in [-0.25, -0.2) is 5.01 Å². The number of fused-ring (bicyclic) bond motifs is 1. The highest BCUT2D eigenvalue weighted by atomic mass is 16.8. The second-order valence-electron chi connectivity index (χ2n) is 11.0. The van der Waals surface area contributed by atoms with Crippen molar-refractivity contribution in [1.29, 1.82) is 5.26 Å². The molecule has 1 saturated carbocycles. The average Bonchev–Trinajstić information content (AvgIpc) is 3.25. The summed E-state index contributed by atoms with van der Waals surface area (Å²) in [5, 5.41) is 11.0. The Morgan fingerprint density at radius 2 is 1.85 bits per heavy atom. The van der Waals surface area contributed by atoms with E-state index in [-0.39, 0.29) is 24.7 Å². The zero-order valence-corrected chi connectivity index (χ0v) is 22.9. The van der Waals surface area contributed by atoms with Crippen molar-refractivity contribution in [1.82, 2.24) is 10.4 Å². The Balaban J connectivity index is 1.40. The van der Waals surface area contributed by atoms with Crippen LogP contribution >= 0.6 is 0 Å². The van der Waals surface area contributed by atoms with Gasteiger partial charge < -0.3 is 23.7 Å². The third kappa shape index (κ3) is 6.67. The summed E-state index contributed by atoms with van der Waals surface area (Å²) >= 11 is 0. The Morgan fingerprint density at radius 3 is 2.56 bits per heavy atom. The van der Waals surface area contributed by atoms with Crippen molar-refractivity contribution in [2.45, 2.75) is 76.5 Å². The van der Waals surface area contributed by atoms with E-state index in [2.05, 4.69) is 17.6 Å². The number of nitrogens with zero attached hydrogens (tertiary/aromatic N) is 2. The Labute approximate surface area is 229 Å². The molecule has 1 amide bonds. The second-order valence-corrected chi connectivity index (χ2v) is 11.0. The van der Waals surface area contributed by atoms with Gasteiger partial charge in [-0.2, -0.15) is 5.26 Å². The van der Waals surface area contributed by atoms with Crippen LogP contribution in [0.4, 0.5) is 0 Å². The van der Waals surface area contributed by atoms with E-state index in [1.54, 1.807) is 12.1 Å². The zero-order chi connectivity index (χ0) is 27.5. The van der Waals surface area contributed by atoms with Gasteiger partial charge in [0.25, 0.3) is 5.91 Å². The first-order valence-electron chi connectivity index (χ1n) is 13.5. The average molecular weight is 536 g/mol. The van der Waals surface area contributed by atoms with Crippen molar-refractivity contribution < 1.29 is 28.5 Å². The molecule has 2 saturated heterocycles. The first-order chi connectivity index (χ1) is 18.7. The van der Waals surface area contributed by atoms with Gasteiger partial charge in [0.15, 0.2) is 11.4 Å². The molecule has 0 spiro atoms. The van der Waals surface area contributed by atoms with Crippen molar-refractivity contribution in [3.8, 4) is 6.07 Å². The Kier molecular flexibility index (Phi) is 8.33. The van der Waals surface area contributed by atoms with Crippen LogP contribution in [0.5, 0.6) is 0 Å². The fraction of sp³-hybridized carbons (Fsp3) is 0.533. The molecule has 2 aromatic carbocycles. The normalized spacial score (nSPS) is 28.4. The summed E-state index contributed by atoms with van der Waals surface area (Å²) < 4.78 is 31.1. The van der Waals surface area contributed by atoms with E-state index in [1.165, 1.54) is 0 Å². The SMILES string of the molecule is Cc1cccc(CO[C@]2(C(=O)NN3CCOCC3)CC(OCc3ccc(C#N)cc3)[C@@H]3OC(C)(C)O[C@@H]3C2)c1. The Hall–Kier alpha value is -2.84. The third-order valence-electron chi connectivity index (χ3n) is 7.48. The number of benzene rings is 2. The molecule has 2 aromatic rings. The number of morpholine rings is 1. The number of rotatable bonds is 8. The summed E-state index contributed by atoms with van der Waals surface area (Å²) in [5.74, 6) is -1.02. The lowest BCUT2D eigenvalue weighted by molar-refractivity contribution is -0.187. The lowest BCUT2D eigenvalue weighted by Crippen LogP contribution is -2.63. The minimum Gasteiger partial charge on any atom is -0.379 e. The van der Waals surface area contributed by atoms with Gasteiger partial charge in [-0.3, -0.25) is 10.2 Å². The maximum absolute atomic E-state index is 14.0. The molecule has 1 unspecified atom stereocenters. The van der Waals surface area contributed by atoms with Crippen LogP contribution in [0, 0.1) is 18.3 Å². The van der Waals surface area contributed by atoms with Gasteiger partial charge in [0, 0.05) is 25.9 Å². The van der Waals surface area contributed by atoms with Crippen LogP contribution in [0.25, 0.3) is 0 Å². The molecular formula is C30H37N3O6. The molecule has 9 nitrogen and oxygen atoms in total. The van der Waals surface area contributed by atoms with Crippen molar-refractivity contribution in [3.05, 3.63) is 70.8 Å². The smallest absolute Gasteiger partial charge is 0.266 e. The third-order valence-corrected chi connectivity index (χ3v) is 7.48. The molecule has 0 aromatic heterocycles.